The zero-order valence-electron chi connectivity index (χ0n) is 16.6. The summed E-state index contributed by atoms with van der Waals surface area (Å²) in [7, 11) is 0. The maximum absolute atomic E-state index is 13.3. The van der Waals surface area contributed by atoms with Crippen molar-refractivity contribution in [3.8, 4) is 0 Å². The predicted octanol–water partition coefficient (Wildman–Crippen LogP) is 3.32. The van der Waals surface area contributed by atoms with E-state index in [1.165, 1.54) is 25.7 Å². The third-order valence-electron chi connectivity index (χ3n) is 8.57. The molecule has 4 aliphatic rings. The van der Waals surface area contributed by atoms with Gasteiger partial charge < -0.3 is 5.73 Å². The SMILES string of the molecule is C[C@@]12CCCC1C1CC(N=O)C3CC(NOCCN)=CC(=O)[C@]3(C)C1CC2. The van der Waals surface area contributed by atoms with Gasteiger partial charge in [0, 0.05) is 29.7 Å². The predicted molar refractivity (Wildman–Crippen MR) is 103 cm³/mol. The van der Waals surface area contributed by atoms with Gasteiger partial charge in [-0.1, -0.05) is 25.4 Å². The number of ketones is 1. The third kappa shape index (κ3) is 2.87. The lowest BCUT2D eigenvalue weighted by atomic mass is 9.44. The van der Waals surface area contributed by atoms with Crippen LogP contribution in [0.4, 0.5) is 0 Å². The molecule has 0 heterocycles. The van der Waals surface area contributed by atoms with E-state index in [2.05, 4.69) is 24.5 Å². The minimum absolute atomic E-state index is 0.0384. The molecule has 4 aliphatic carbocycles. The largest absolute Gasteiger partial charge is 0.328 e. The molecule has 27 heavy (non-hydrogen) atoms. The number of rotatable bonds is 5. The Morgan fingerprint density at radius 3 is 2.81 bits per heavy atom. The average Bonchev–Trinajstić information content (AvgIpc) is 3.04. The maximum atomic E-state index is 13.3. The Hall–Kier alpha value is -1.27. The third-order valence-corrected chi connectivity index (χ3v) is 8.57. The fourth-order valence-corrected chi connectivity index (χ4v) is 7.18. The molecule has 0 aliphatic heterocycles. The highest BCUT2D eigenvalue weighted by Gasteiger charge is 2.62. The molecule has 0 aromatic rings. The van der Waals surface area contributed by atoms with Crippen LogP contribution in [0.25, 0.3) is 0 Å². The lowest BCUT2D eigenvalue weighted by molar-refractivity contribution is -0.148. The number of nitrogens with one attached hydrogen (secondary N) is 1. The molecule has 7 atom stereocenters. The number of nitroso groups, excluding NO2 is 1. The number of carbonyl (C=O) groups is 1. The minimum Gasteiger partial charge on any atom is -0.328 e. The average molecular weight is 376 g/mol. The summed E-state index contributed by atoms with van der Waals surface area (Å²) in [5, 5.41) is 3.55. The van der Waals surface area contributed by atoms with Crippen LogP contribution < -0.4 is 11.2 Å². The van der Waals surface area contributed by atoms with Crippen molar-refractivity contribution < 1.29 is 9.63 Å². The number of carbonyl (C=O) groups excluding carboxylic acids is 1. The molecule has 150 valence electrons. The van der Waals surface area contributed by atoms with Crippen molar-refractivity contribution in [2.75, 3.05) is 13.2 Å². The van der Waals surface area contributed by atoms with Crippen LogP contribution in [0.15, 0.2) is 16.9 Å². The Bertz CT molecular complexity index is 651. The van der Waals surface area contributed by atoms with Gasteiger partial charge in [-0.3, -0.25) is 15.1 Å². The molecular formula is C21H33N3O3. The number of nitrogens with two attached hydrogens (primary N) is 1. The summed E-state index contributed by atoms with van der Waals surface area (Å²) in [6.45, 7) is 5.34. The van der Waals surface area contributed by atoms with Crippen molar-refractivity contribution in [3.05, 3.63) is 16.7 Å². The number of nitrogens with zero attached hydrogens (tertiary/aromatic N) is 1. The fourth-order valence-electron chi connectivity index (χ4n) is 7.18. The van der Waals surface area contributed by atoms with Crippen LogP contribution in [0, 0.1) is 39.4 Å². The van der Waals surface area contributed by atoms with Gasteiger partial charge in [-0.15, -0.1) is 0 Å². The lowest BCUT2D eigenvalue weighted by Crippen LogP contribution is -2.59. The van der Waals surface area contributed by atoms with E-state index < -0.39 is 5.41 Å². The summed E-state index contributed by atoms with van der Waals surface area (Å²) in [5.41, 5.74) is 9.01. The van der Waals surface area contributed by atoms with E-state index in [-0.39, 0.29) is 17.7 Å². The van der Waals surface area contributed by atoms with Gasteiger partial charge in [0.05, 0.1) is 12.6 Å². The summed E-state index contributed by atoms with van der Waals surface area (Å²) in [5.74, 6) is 1.57. The van der Waals surface area contributed by atoms with Crippen molar-refractivity contribution in [1.82, 2.24) is 5.48 Å². The first-order chi connectivity index (χ1) is 12.9. The molecule has 0 aromatic carbocycles. The first kappa shape index (κ1) is 19.1. The molecule has 3 saturated carbocycles. The van der Waals surface area contributed by atoms with Crippen molar-refractivity contribution in [2.45, 2.75) is 64.8 Å². The quantitative estimate of drug-likeness (QED) is 0.437. The van der Waals surface area contributed by atoms with E-state index in [9.17, 15) is 9.70 Å². The Balaban J connectivity index is 1.64. The van der Waals surface area contributed by atoms with Gasteiger partial charge in [-0.05, 0) is 61.7 Å². The van der Waals surface area contributed by atoms with E-state index in [0.29, 0.717) is 42.7 Å². The summed E-state index contributed by atoms with van der Waals surface area (Å²) in [6.07, 6.45) is 9.33. The summed E-state index contributed by atoms with van der Waals surface area (Å²) in [4.78, 5) is 30.5. The first-order valence-electron chi connectivity index (χ1n) is 10.6. The van der Waals surface area contributed by atoms with Gasteiger partial charge in [0.25, 0.3) is 0 Å². The highest BCUT2D eigenvalue weighted by Crippen LogP contribution is 2.65. The van der Waals surface area contributed by atoms with E-state index >= 15 is 0 Å². The first-order valence-corrected chi connectivity index (χ1v) is 10.6. The van der Waals surface area contributed by atoms with E-state index in [1.807, 2.05) is 0 Å². The van der Waals surface area contributed by atoms with Crippen molar-refractivity contribution in [2.24, 2.45) is 45.4 Å². The zero-order valence-corrected chi connectivity index (χ0v) is 16.6. The van der Waals surface area contributed by atoms with Gasteiger partial charge in [0.15, 0.2) is 5.78 Å². The minimum atomic E-state index is -0.482. The molecule has 0 amide bonds. The topological polar surface area (TPSA) is 93.8 Å². The smallest absolute Gasteiger partial charge is 0.164 e. The standard InChI is InChI=1S/C21H33N3O3/c1-20-6-3-4-15(20)14-12-18(23-26)17-10-13(24-27-9-8-22)11-19(25)21(17,2)16(14)5-7-20/h11,14-18,24H,3-10,12,22H2,1-2H3/t14?,15?,16?,17?,18?,20-,21+/m0/s1. The number of hydrogen-bond acceptors (Lipinski definition) is 6. The van der Waals surface area contributed by atoms with Gasteiger partial charge in [0.1, 0.15) is 0 Å². The number of hydrogen-bond donors (Lipinski definition) is 2. The second-order valence-corrected chi connectivity index (χ2v) is 9.74. The lowest BCUT2D eigenvalue weighted by Gasteiger charge is -2.59. The summed E-state index contributed by atoms with van der Waals surface area (Å²) < 4.78 is 0. The molecule has 5 unspecified atom stereocenters. The van der Waals surface area contributed by atoms with E-state index in [1.54, 1.807) is 6.08 Å². The normalized spacial score (nSPS) is 46.1. The fraction of sp³-hybridized carbons (Fsp3) is 0.857. The number of hydroxylamine groups is 1. The van der Waals surface area contributed by atoms with Crippen LogP contribution in [0.2, 0.25) is 0 Å². The summed E-state index contributed by atoms with van der Waals surface area (Å²) in [6, 6.07) is -0.289. The second-order valence-electron chi connectivity index (χ2n) is 9.74. The van der Waals surface area contributed by atoms with Crippen LogP contribution in [0.5, 0.6) is 0 Å². The van der Waals surface area contributed by atoms with E-state index in [0.717, 1.165) is 18.5 Å². The highest BCUT2D eigenvalue weighted by molar-refractivity contribution is 5.96. The molecule has 3 N–H and O–H groups in total. The molecular weight excluding hydrogens is 342 g/mol. The van der Waals surface area contributed by atoms with Crippen LogP contribution in [-0.4, -0.2) is 25.0 Å². The van der Waals surface area contributed by atoms with Gasteiger partial charge in [-0.25, -0.2) is 0 Å². The molecule has 0 spiro atoms. The Labute approximate surface area is 161 Å². The van der Waals surface area contributed by atoms with Gasteiger partial charge in [-0.2, -0.15) is 4.91 Å². The molecule has 0 aromatic heterocycles. The Morgan fingerprint density at radius 2 is 2.07 bits per heavy atom. The van der Waals surface area contributed by atoms with Crippen LogP contribution in [0.1, 0.15) is 58.8 Å². The molecule has 3 fully saturated rings. The van der Waals surface area contributed by atoms with Gasteiger partial charge >= 0.3 is 0 Å². The van der Waals surface area contributed by atoms with Crippen LogP contribution >= 0.6 is 0 Å². The molecule has 4 rings (SSSR count). The number of fused-ring (bicyclic) bond motifs is 5. The number of allylic oxidation sites excluding steroid dienone is 2. The molecule has 0 radical (unpaired) electrons. The maximum Gasteiger partial charge on any atom is 0.164 e. The van der Waals surface area contributed by atoms with Crippen LogP contribution in [0.3, 0.4) is 0 Å². The van der Waals surface area contributed by atoms with Crippen molar-refractivity contribution in [1.29, 1.82) is 0 Å². The molecule has 6 heteroatoms. The van der Waals surface area contributed by atoms with Crippen molar-refractivity contribution >= 4 is 5.78 Å². The summed E-state index contributed by atoms with van der Waals surface area (Å²) >= 11 is 0. The molecule has 6 nitrogen and oxygen atoms in total. The van der Waals surface area contributed by atoms with Crippen LogP contribution in [-0.2, 0) is 9.63 Å². The molecule has 0 saturated heterocycles. The second kappa shape index (κ2) is 6.96. The Kier molecular flexibility index (Phi) is 4.91. The highest BCUT2D eigenvalue weighted by atomic mass is 16.6. The van der Waals surface area contributed by atoms with Crippen molar-refractivity contribution in [3.63, 3.8) is 0 Å². The molecule has 0 bridgehead atoms. The zero-order chi connectivity index (χ0) is 19.2. The Morgan fingerprint density at radius 1 is 1.26 bits per heavy atom. The van der Waals surface area contributed by atoms with E-state index in [4.69, 9.17) is 10.6 Å². The monoisotopic (exact) mass is 375 g/mol. The van der Waals surface area contributed by atoms with Gasteiger partial charge in [0.2, 0.25) is 0 Å².